The van der Waals surface area contributed by atoms with E-state index in [1.165, 1.54) is 14.2 Å². The molecule has 4 N–H and O–H groups in total. The van der Waals surface area contributed by atoms with Gasteiger partial charge in [-0.2, -0.15) is 0 Å². The fourth-order valence-electron chi connectivity index (χ4n) is 1.11. The Morgan fingerprint density at radius 2 is 2.35 bits per heavy atom. The van der Waals surface area contributed by atoms with E-state index in [9.17, 15) is 4.79 Å². The molecule has 0 spiro atoms. The fourth-order valence-corrected chi connectivity index (χ4v) is 1.11. The maximum atomic E-state index is 11.5. The smallest absolute Gasteiger partial charge is 0.323 e. The molecule has 0 saturated carbocycles. The number of nitrogens with one attached hydrogen (secondary N) is 2. The van der Waals surface area contributed by atoms with Gasteiger partial charge in [-0.1, -0.05) is 6.07 Å². The second-order valence-electron chi connectivity index (χ2n) is 3.08. The van der Waals surface area contributed by atoms with E-state index in [1.54, 1.807) is 24.4 Å². The summed E-state index contributed by atoms with van der Waals surface area (Å²) in [4.78, 5) is 19.1. The molecule has 92 valence electrons. The molecular formula is C10H15N5O2. The molecule has 17 heavy (non-hydrogen) atoms. The Bertz CT molecular complexity index is 393. The summed E-state index contributed by atoms with van der Waals surface area (Å²) in [7, 11) is 2.94. The first-order valence-electron chi connectivity index (χ1n) is 4.91. The highest BCUT2D eigenvalue weighted by atomic mass is 16.5. The van der Waals surface area contributed by atoms with Crippen LogP contribution >= 0.6 is 0 Å². The third-order valence-electron chi connectivity index (χ3n) is 1.94. The zero-order chi connectivity index (χ0) is 12.7. The maximum absolute atomic E-state index is 11.5. The van der Waals surface area contributed by atoms with Crippen LogP contribution in [0.25, 0.3) is 0 Å². The van der Waals surface area contributed by atoms with Crippen molar-refractivity contribution in [2.24, 2.45) is 10.7 Å². The van der Waals surface area contributed by atoms with E-state index in [2.05, 4.69) is 20.6 Å². The molecule has 1 aromatic rings. The maximum Gasteiger partial charge on any atom is 0.323 e. The number of guanidine groups is 1. The highest BCUT2D eigenvalue weighted by Gasteiger charge is 2.14. The first-order chi connectivity index (χ1) is 8.17. The zero-order valence-corrected chi connectivity index (χ0v) is 9.68. The van der Waals surface area contributed by atoms with Gasteiger partial charge in [-0.05, 0) is 12.1 Å². The van der Waals surface area contributed by atoms with E-state index < -0.39 is 12.3 Å². The molecule has 2 amide bonds. The molecule has 1 heterocycles. The second-order valence-corrected chi connectivity index (χ2v) is 3.08. The molecule has 0 aromatic carbocycles. The lowest BCUT2D eigenvalue weighted by molar-refractivity contribution is 0.0786. The average molecular weight is 237 g/mol. The van der Waals surface area contributed by atoms with Gasteiger partial charge in [-0.15, -0.1) is 0 Å². The SMILES string of the molecule is CN=C(N)NC(=O)NC(OC)c1ccccn1. The van der Waals surface area contributed by atoms with E-state index in [0.717, 1.165) is 0 Å². The number of methoxy groups -OCH3 is 1. The Balaban J connectivity index is 2.62. The van der Waals surface area contributed by atoms with E-state index in [1.807, 2.05) is 0 Å². The van der Waals surface area contributed by atoms with Gasteiger partial charge in [-0.3, -0.25) is 15.3 Å². The predicted molar refractivity (Wildman–Crippen MR) is 63.2 cm³/mol. The molecule has 0 aliphatic rings. The van der Waals surface area contributed by atoms with Crippen LogP contribution in [0.5, 0.6) is 0 Å². The Morgan fingerprint density at radius 1 is 1.59 bits per heavy atom. The van der Waals surface area contributed by atoms with Gasteiger partial charge in [0.15, 0.2) is 12.2 Å². The van der Waals surface area contributed by atoms with E-state index in [4.69, 9.17) is 10.5 Å². The summed E-state index contributed by atoms with van der Waals surface area (Å²) in [5.74, 6) is 0.0263. The van der Waals surface area contributed by atoms with Crippen LogP contribution in [0, 0.1) is 0 Å². The number of carbonyl (C=O) groups is 1. The lowest BCUT2D eigenvalue weighted by atomic mass is 10.3. The minimum absolute atomic E-state index is 0.0263. The monoisotopic (exact) mass is 237 g/mol. The van der Waals surface area contributed by atoms with Gasteiger partial charge in [0.25, 0.3) is 0 Å². The molecule has 0 saturated heterocycles. The Hall–Kier alpha value is -2.15. The highest BCUT2D eigenvalue weighted by Crippen LogP contribution is 2.08. The van der Waals surface area contributed by atoms with E-state index in [0.29, 0.717) is 5.69 Å². The number of aromatic nitrogens is 1. The van der Waals surface area contributed by atoms with Crippen molar-refractivity contribution in [3.63, 3.8) is 0 Å². The number of ether oxygens (including phenoxy) is 1. The van der Waals surface area contributed by atoms with Gasteiger partial charge in [0, 0.05) is 20.4 Å². The summed E-state index contributed by atoms with van der Waals surface area (Å²) in [5, 5.41) is 4.89. The molecule has 0 fully saturated rings. The van der Waals surface area contributed by atoms with Crippen LogP contribution in [0.3, 0.4) is 0 Å². The number of nitrogens with two attached hydrogens (primary N) is 1. The minimum Gasteiger partial charge on any atom is -0.370 e. The zero-order valence-electron chi connectivity index (χ0n) is 9.68. The normalized spacial score (nSPS) is 12.9. The Kier molecular flexibility index (Phi) is 4.89. The number of carbonyl (C=O) groups excluding carboxylic acids is 1. The fraction of sp³-hybridized carbons (Fsp3) is 0.300. The van der Waals surface area contributed by atoms with Gasteiger partial charge in [0.1, 0.15) is 0 Å². The van der Waals surface area contributed by atoms with Gasteiger partial charge >= 0.3 is 6.03 Å². The molecular weight excluding hydrogens is 222 g/mol. The second kappa shape index (κ2) is 6.44. The molecule has 0 radical (unpaired) electrons. The van der Waals surface area contributed by atoms with Crippen molar-refractivity contribution < 1.29 is 9.53 Å². The summed E-state index contributed by atoms with van der Waals surface area (Å²) in [5.41, 5.74) is 5.95. The third kappa shape index (κ3) is 4.07. The van der Waals surface area contributed by atoms with Crippen LogP contribution in [-0.2, 0) is 4.74 Å². The Labute approximate surface area is 99.1 Å². The summed E-state index contributed by atoms with van der Waals surface area (Å²) in [6.07, 6.45) is 0.976. The van der Waals surface area contributed by atoms with Crippen molar-refractivity contribution in [1.82, 2.24) is 15.6 Å². The molecule has 0 bridgehead atoms. The lowest BCUT2D eigenvalue weighted by Crippen LogP contribution is -2.45. The number of rotatable bonds is 3. The van der Waals surface area contributed by atoms with Crippen LogP contribution in [0.15, 0.2) is 29.4 Å². The van der Waals surface area contributed by atoms with Crippen LogP contribution in [0.2, 0.25) is 0 Å². The summed E-state index contributed by atoms with van der Waals surface area (Å²) in [6.45, 7) is 0. The van der Waals surface area contributed by atoms with Gasteiger partial charge in [0.2, 0.25) is 0 Å². The van der Waals surface area contributed by atoms with Crippen molar-refractivity contribution in [3.05, 3.63) is 30.1 Å². The third-order valence-corrected chi connectivity index (χ3v) is 1.94. The van der Waals surface area contributed by atoms with Crippen molar-refractivity contribution in [1.29, 1.82) is 0 Å². The van der Waals surface area contributed by atoms with Gasteiger partial charge in [0.05, 0.1) is 5.69 Å². The summed E-state index contributed by atoms with van der Waals surface area (Å²) < 4.78 is 5.11. The minimum atomic E-state index is -0.638. The average Bonchev–Trinajstić information content (AvgIpc) is 2.36. The number of hydrogen-bond acceptors (Lipinski definition) is 4. The van der Waals surface area contributed by atoms with Crippen molar-refractivity contribution >= 4 is 12.0 Å². The van der Waals surface area contributed by atoms with Crippen LogP contribution < -0.4 is 16.4 Å². The summed E-state index contributed by atoms with van der Waals surface area (Å²) >= 11 is 0. The lowest BCUT2D eigenvalue weighted by Gasteiger charge is -2.16. The quantitative estimate of drug-likeness (QED) is 0.390. The largest absolute Gasteiger partial charge is 0.370 e. The van der Waals surface area contributed by atoms with Gasteiger partial charge < -0.3 is 15.8 Å². The van der Waals surface area contributed by atoms with Gasteiger partial charge in [-0.25, -0.2) is 4.79 Å². The number of pyridine rings is 1. The highest BCUT2D eigenvalue weighted by molar-refractivity contribution is 5.95. The molecule has 1 rings (SSSR count). The molecule has 7 heteroatoms. The van der Waals surface area contributed by atoms with Crippen LogP contribution in [0.1, 0.15) is 11.9 Å². The van der Waals surface area contributed by atoms with E-state index >= 15 is 0 Å². The van der Waals surface area contributed by atoms with Crippen molar-refractivity contribution in [3.8, 4) is 0 Å². The number of amides is 2. The Morgan fingerprint density at radius 3 is 2.88 bits per heavy atom. The standard InChI is InChI=1S/C10H15N5O2/c1-12-9(11)15-10(16)14-8(17-2)7-5-3-4-6-13-7/h3-6,8H,1-2H3,(H4,11,12,14,15,16). The molecule has 7 nitrogen and oxygen atoms in total. The van der Waals surface area contributed by atoms with Crippen molar-refractivity contribution in [2.75, 3.05) is 14.2 Å². The van der Waals surface area contributed by atoms with Crippen LogP contribution in [0.4, 0.5) is 4.79 Å². The van der Waals surface area contributed by atoms with Crippen LogP contribution in [-0.4, -0.2) is 31.1 Å². The topological polar surface area (TPSA) is 102 Å². The van der Waals surface area contributed by atoms with Crippen molar-refractivity contribution in [2.45, 2.75) is 6.23 Å². The molecule has 0 aliphatic carbocycles. The summed E-state index contributed by atoms with van der Waals surface area (Å²) in [6, 6.07) is 4.81. The number of aliphatic imine (C=N–C) groups is 1. The number of urea groups is 1. The first kappa shape index (κ1) is 12.9. The molecule has 0 aliphatic heterocycles. The molecule has 1 aromatic heterocycles. The molecule has 1 atom stereocenters. The van der Waals surface area contributed by atoms with E-state index in [-0.39, 0.29) is 5.96 Å². The molecule has 1 unspecified atom stereocenters. The number of nitrogens with zero attached hydrogens (tertiary/aromatic N) is 2. The first-order valence-corrected chi connectivity index (χ1v) is 4.91. The predicted octanol–water partition coefficient (Wildman–Crippen LogP) is -0.0297. The number of hydrogen-bond donors (Lipinski definition) is 3.